The Morgan fingerprint density at radius 1 is 1.23 bits per heavy atom. The van der Waals surface area contributed by atoms with Crippen molar-refractivity contribution < 1.29 is 27.4 Å². The van der Waals surface area contributed by atoms with Crippen LogP contribution in [0.5, 0.6) is 5.75 Å². The fourth-order valence-corrected chi connectivity index (χ4v) is 3.13. The molecular weight excluding hydrogens is 417 g/mol. The van der Waals surface area contributed by atoms with E-state index >= 15 is 0 Å². The zero-order valence-corrected chi connectivity index (χ0v) is 17.1. The van der Waals surface area contributed by atoms with Gasteiger partial charge in [0, 0.05) is 30.1 Å². The number of H-pyrrole nitrogens is 1. The van der Waals surface area contributed by atoms with E-state index in [2.05, 4.69) is 15.4 Å². The maximum Gasteiger partial charge on any atom is 0.416 e. The molecule has 1 amide bonds. The molecule has 166 valence electrons. The zero-order chi connectivity index (χ0) is 22.8. The lowest BCUT2D eigenvalue weighted by Crippen LogP contribution is -2.19. The number of benzene rings is 1. The summed E-state index contributed by atoms with van der Waals surface area (Å²) < 4.78 is 51.2. The van der Waals surface area contributed by atoms with E-state index in [1.807, 2.05) is 0 Å². The van der Waals surface area contributed by atoms with Crippen molar-refractivity contribution in [3.63, 3.8) is 0 Å². The highest BCUT2D eigenvalue weighted by Gasteiger charge is 2.31. The number of carbonyl (C=O) groups excluding carboxylic acids is 1. The van der Waals surface area contributed by atoms with E-state index in [1.165, 1.54) is 17.7 Å². The molecule has 0 aliphatic carbocycles. The second-order valence-electron chi connectivity index (χ2n) is 6.85. The van der Waals surface area contributed by atoms with Gasteiger partial charge in [-0.25, -0.2) is 9.50 Å². The Balaban J connectivity index is 1.88. The van der Waals surface area contributed by atoms with Crippen molar-refractivity contribution in [2.24, 2.45) is 0 Å². The van der Waals surface area contributed by atoms with Gasteiger partial charge in [0.1, 0.15) is 12.4 Å². The van der Waals surface area contributed by atoms with Crippen molar-refractivity contribution in [1.82, 2.24) is 14.6 Å². The van der Waals surface area contributed by atoms with Crippen LogP contribution in [-0.2, 0) is 22.1 Å². The standard InChI is InChI=1S/C20H21F3N4O4/c1-11-14(12(2)27-17(24-11)10-19(29)26-27)9-18(28)25-15-8-13(20(21,22)23)4-5-16(15)31-7-6-30-3/h4-5,8,10H,6-7,9H2,1-3H3,(H,25,28)(H,26,29). The van der Waals surface area contributed by atoms with E-state index in [0.717, 1.165) is 18.2 Å². The Morgan fingerprint density at radius 3 is 2.65 bits per heavy atom. The Kier molecular flexibility index (Phi) is 6.34. The molecule has 0 radical (unpaired) electrons. The second-order valence-corrected chi connectivity index (χ2v) is 6.85. The lowest BCUT2D eigenvalue weighted by atomic mass is 10.1. The van der Waals surface area contributed by atoms with Crippen molar-refractivity contribution >= 4 is 17.2 Å². The molecule has 8 nitrogen and oxygen atoms in total. The summed E-state index contributed by atoms with van der Waals surface area (Å²) in [7, 11) is 1.46. The number of hydrogen-bond acceptors (Lipinski definition) is 5. The van der Waals surface area contributed by atoms with Gasteiger partial charge in [0.05, 0.1) is 24.3 Å². The fourth-order valence-electron chi connectivity index (χ4n) is 3.13. The van der Waals surface area contributed by atoms with Crippen LogP contribution in [0.2, 0.25) is 0 Å². The van der Waals surface area contributed by atoms with E-state index in [1.54, 1.807) is 13.8 Å². The van der Waals surface area contributed by atoms with Crippen LogP contribution in [0.25, 0.3) is 5.65 Å². The lowest BCUT2D eigenvalue weighted by molar-refractivity contribution is -0.137. The summed E-state index contributed by atoms with van der Waals surface area (Å²) in [5.41, 5.74) is 0.740. The Morgan fingerprint density at radius 2 is 1.97 bits per heavy atom. The van der Waals surface area contributed by atoms with Crippen LogP contribution in [0.4, 0.5) is 18.9 Å². The number of carbonyl (C=O) groups is 1. The molecule has 11 heteroatoms. The highest BCUT2D eigenvalue weighted by Crippen LogP contribution is 2.35. The SMILES string of the molecule is COCCOc1ccc(C(F)(F)F)cc1NC(=O)Cc1c(C)nc2cc(=O)[nH]n2c1C. The number of nitrogens with zero attached hydrogens (tertiary/aromatic N) is 2. The van der Waals surface area contributed by atoms with Gasteiger partial charge in [-0.15, -0.1) is 0 Å². The number of methoxy groups -OCH3 is 1. The normalized spacial score (nSPS) is 11.7. The molecule has 2 aromatic heterocycles. The van der Waals surface area contributed by atoms with Gasteiger partial charge in [-0.05, 0) is 32.0 Å². The van der Waals surface area contributed by atoms with Crippen molar-refractivity contribution in [2.45, 2.75) is 26.4 Å². The summed E-state index contributed by atoms with van der Waals surface area (Å²) in [5.74, 6) is -0.465. The Bertz CT molecular complexity index is 1170. The molecule has 0 saturated carbocycles. The third-order valence-electron chi connectivity index (χ3n) is 4.67. The van der Waals surface area contributed by atoms with Crippen LogP contribution in [-0.4, -0.2) is 40.8 Å². The van der Waals surface area contributed by atoms with Crippen LogP contribution in [0.1, 0.15) is 22.5 Å². The number of ether oxygens (including phenoxy) is 2. The van der Waals surface area contributed by atoms with Gasteiger partial charge >= 0.3 is 6.18 Å². The molecule has 0 saturated heterocycles. The van der Waals surface area contributed by atoms with Crippen molar-refractivity contribution in [3.05, 3.63) is 57.1 Å². The summed E-state index contributed by atoms with van der Waals surface area (Å²) in [6, 6.07) is 4.19. The zero-order valence-electron chi connectivity index (χ0n) is 17.1. The van der Waals surface area contributed by atoms with E-state index in [0.29, 0.717) is 22.6 Å². The first-order chi connectivity index (χ1) is 14.6. The maximum atomic E-state index is 13.1. The average molecular weight is 438 g/mol. The summed E-state index contributed by atoms with van der Waals surface area (Å²) in [6.07, 6.45) is -4.73. The number of hydrogen-bond donors (Lipinski definition) is 2. The Labute approximate surface area is 175 Å². The molecule has 31 heavy (non-hydrogen) atoms. The number of aromatic amines is 1. The van der Waals surface area contributed by atoms with Gasteiger partial charge in [0.25, 0.3) is 5.56 Å². The summed E-state index contributed by atoms with van der Waals surface area (Å²) in [5, 5.41) is 5.08. The highest BCUT2D eigenvalue weighted by atomic mass is 19.4. The number of halogens is 3. The first kappa shape index (κ1) is 22.3. The first-order valence-corrected chi connectivity index (χ1v) is 9.31. The molecule has 3 aromatic rings. The molecule has 2 heterocycles. The molecule has 0 unspecified atom stereocenters. The van der Waals surface area contributed by atoms with E-state index in [-0.39, 0.29) is 36.6 Å². The van der Waals surface area contributed by atoms with E-state index < -0.39 is 17.6 Å². The molecule has 0 bridgehead atoms. The van der Waals surface area contributed by atoms with Crippen LogP contribution in [0, 0.1) is 13.8 Å². The molecule has 0 aliphatic heterocycles. The van der Waals surface area contributed by atoms with Crippen LogP contribution in [0.15, 0.2) is 29.1 Å². The Hall–Kier alpha value is -3.34. The second kappa shape index (κ2) is 8.80. The molecule has 3 rings (SSSR count). The maximum absolute atomic E-state index is 13.1. The number of nitrogens with one attached hydrogen (secondary N) is 2. The van der Waals surface area contributed by atoms with Gasteiger partial charge in [0.2, 0.25) is 5.91 Å². The van der Waals surface area contributed by atoms with Gasteiger partial charge in [-0.3, -0.25) is 14.7 Å². The monoisotopic (exact) mass is 438 g/mol. The molecule has 0 spiro atoms. The first-order valence-electron chi connectivity index (χ1n) is 9.31. The van der Waals surface area contributed by atoms with Gasteiger partial charge in [-0.1, -0.05) is 0 Å². The third kappa shape index (κ3) is 5.05. The van der Waals surface area contributed by atoms with Crippen molar-refractivity contribution in [3.8, 4) is 5.75 Å². The largest absolute Gasteiger partial charge is 0.489 e. The molecule has 2 N–H and O–H groups in total. The predicted octanol–water partition coefficient (Wildman–Crippen LogP) is 2.86. The molecular formula is C20H21F3N4O4. The number of alkyl halides is 3. The topological polar surface area (TPSA) is 97.7 Å². The predicted molar refractivity (Wildman–Crippen MR) is 106 cm³/mol. The summed E-state index contributed by atoms with van der Waals surface area (Å²) in [4.78, 5) is 28.6. The summed E-state index contributed by atoms with van der Waals surface area (Å²) in [6.45, 7) is 3.73. The quantitative estimate of drug-likeness (QED) is 0.553. The number of rotatable bonds is 7. The minimum Gasteiger partial charge on any atom is -0.489 e. The van der Waals surface area contributed by atoms with Gasteiger partial charge in [-0.2, -0.15) is 13.2 Å². The molecule has 0 atom stereocenters. The van der Waals surface area contributed by atoms with Gasteiger partial charge < -0.3 is 14.8 Å². The van der Waals surface area contributed by atoms with E-state index in [9.17, 15) is 22.8 Å². The minimum absolute atomic E-state index is 0.0927. The van der Waals surface area contributed by atoms with Crippen LogP contribution in [0.3, 0.4) is 0 Å². The molecule has 1 aromatic carbocycles. The number of amides is 1. The molecule has 0 aliphatic rings. The van der Waals surface area contributed by atoms with E-state index in [4.69, 9.17) is 9.47 Å². The minimum atomic E-state index is -4.58. The van der Waals surface area contributed by atoms with Crippen molar-refractivity contribution in [2.75, 3.05) is 25.6 Å². The van der Waals surface area contributed by atoms with Crippen LogP contribution >= 0.6 is 0 Å². The number of aromatic nitrogens is 3. The number of anilines is 1. The number of fused-ring (bicyclic) bond motifs is 1. The average Bonchev–Trinajstić information content (AvgIpc) is 3.06. The smallest absolute Gasteiger partial charge is 0.416 e. The van der Waals surface area contributed by atoms with Gasteiger partial charge in [0.15, 0.2) is 5.65 Å². The number of aryl methyl sites for hydroxylation is 2. The molecule has 0 fully saturated rings. The highest BCUT2D eigenvalue weighted by molar-refractivity contribution is 5.94. The summed E-state index contributed by atoms with van der Waals surface area (Å²) >= 11 is 0. The lowest BCUT2D eigenvalue weighted by Gasteiger charge is -2.16. The fraction of sp³-hybridized carbons (Fsp3) is 0.350. The van der Waals surface area contributed by atoms with Crippen LogP contribution < -0.4 is 15.6 Å². The third-order valence-corrected chi connectivity index (χ3v) is 4.67. The van der Waals surface area contributed by atoms with Crippen molar-refractivity contribution in [1.29, 1.82) is 0 Å².